The quantitative estimate of drug-likeness (QED) is 0.300. The molecule has 0 fully saturated rings. The third-order valence-electron chi connectivity index (χ3n) is 4.39. The van der Waals surface area contributed by atoms with E-state index in [1.54, 1.807) is 12.3 Å². The number of pyridine rings is 1. The first kappa shape index (κ1) is 24.2. The van der Waals surface area contributed by atoms with Crippen LogP contribution in [0.3, 0.4) is 0 Å². The molecule has 0 amide bonds. The van der Waals surface area contributed by atoms with Gasteiger partial charge < -0.3 is 5.11 Å². The molecular weight excluding hydrogens is 462 g/mol. The van der Waals surface area contributed by atoms with Crippen LogP contribution in [0.25, 0.3) is 10.9 Å². The van der Waals surface area contributed by atoms with Crippen LogP contribution in [0.2, 0.25) is 0 Å². The third kappa shape index (κ3) is 6.98. The molecule has 0 atom stereocenters. The van der Waals surface area contributed by atoms with Crippen molar-refractivity contribution >= 4 is 50.7 Å². The predicted octanol–water partition coefficient (Wildman–Crippen LogP) is 8.00. The van der Waals surface area contributed by atoms with Crippen molar-refractivity contribution < 1.29 is 19.8 Å². The van der Waals surface area contributed by atoms with Crippen molar-refractivity contribution in [1.29, 1.82) is 0 Å². The van der Waals surface area contributed by atoms with Crippen LogP contribution in [0.15, 0.2) is 53.5 Å². The molecule has 153 valence electrons. The van der Waals surface area contributed by atoms with Gasteiger partial charge in [0.2, 0.25) is 0 Å². The molecule has 7 heteroatoms. The molecule has 0 spiro atoms. The summed E-state index contributed by atoms with van der Waals surface area (Å²) in [7, 11) is 14.9. The third-order valence-corrected chi connectivity index (χ3v) is 4.39. The van der Waals surface area contributed by atoms with Gasteiger partial charge in [0.05, 0.1) is 17.6 Å². The van der Waals surface area contributed by atoms with E-state index in [1.807, 2.05) is 24.3 Å². The molecule has 0 saturated carbocycles. The summed E-state index contributed by atoms with van der Waals surface area (Å²) in [6.07, 6.45) is 1.79. The second-order valence-electron chi connectivity index (χ2n) is 7.15. The van der Waals surface area contributed by atoms with Gasteiger partial charge >= 0.3 is 42.6 Å². The summed E-state index contributed by atoms with van der Waals surface area (Å²) < 4.78 is 0. The van der Waals surface area contributed by atoms with Crippen molar-refractivity contribution in [3.05, 3.63) is 65.4 Å². The fraction of sp³-hybridized carbons (Fsp3) is 0.273. The van der Waals surface area contributed by atoms with E-state index in [0.29, 0.717) is 17.4 Å². The molecule has 3 nitrogen and oxygen atoms in total. The van der Waals surface area contributed by atoms with E-state index in [0.717, 1.165) is 16.8 Å². The summed E-state index contributed by atoms with van der Waals surface area (Å²) in [6.45, 7) is 8.74. The van der Waals surface area contributed by atoms with Crippen molar-refractivity contribution in [3.8, 4) is 5.75 Å². The molecule has 29 heavy (non-hydrogen) atoms. The molecule has 3 aromatic rings. The number of benzene rings is 2. The van der Waals surface area contributed by atoms with Crippen molar-refractivity contribution in [3.63, 3.8) is 0 Å². The predicted molar refractivity (Wildman–Crippen MR) is 123 cm³/mol. The van der Waals surface area contributed by atoms with E-state index >= 15 is 0 Å². The Morgan fingerprint density at radius 1 is 0.897 bits per heavy atom. The Kier molecular flexibility index (Phi) is 9.45. The maximum atomic E-state index is 10.0. The first-order chi connectivity index (χ1) is 13.7. The molecular formula is C22H24Cl3N2OTi. The second-order valence-corrected chi connectivity index (χ2v) is 14.9. The average Bonchev–Trinajstić information content (AvgIpc) is 2.66. The number of phenols is 1. The number of fused-ring (bicyclic) bond motifs is 1. The maximum absolute atomic E-state index is 10.0. The molecule has 0 aliphatic heterocycles. The monoisotopic (exact) mass is 485 g/mol. The Hall–Kier alpha value is -1.10. The van der Waals surface area contributed by atoms with Gasteiger partial charge in [-0.05, 0) is 35.1 Å². The van der Waals surface area contributed by atoms with Crippen molar-refractivity contribution in [2.24, 2.45) is 4.99 Å². The number of nitrogens with zero attached hydrogens (tertiary/aromatic N) is 2. The van der Waals surface area contributed by atoms with Gasteiger partial charge in [0.1, 0.15) is 11.3 Å². The van der Waals surface area contributed by atoms with Crippen molar-refractivity contribution in [2.75, 3.05) is 0 Å². The summed E-state index contributed by atoms with van der Waals surface area (Å²) in [5.74, 6) is 0.997. The molecule has 2 aromatic carbocycles. The van der Waals surface area contributed by atoms with Crippen LogP contribution in [-0.2, 0) is 14.7 Å². The zero-order valence-electron chi connectivity index (χ0n) is 16.8. The van der Waals surface area contributed by atoms with Gasteiger partial charge in [0.15, 0.2) is 0 Å². The van der Waals surface area contributed by atoms with E-state index in [1.165, 1.54) is 11.1 Å². The summed E-state index contributed by atoms with van der Waals surface area (Å²) in [5.41, 5.74) is 4.86. The van der Waals surface area contributed by atoms with Crippen molar-refractivity contribution in [1.82, 2.24) is 4.98 Å². The molecule has 0 aliphatic rings. The van der Waals surface area contributed by atoms with Crippen LogP contribution < -0.4 is 0 Å². The van der Waals surface area contributed by atoms with Crippen LogP contribution in [0.4, 0.5) is 5.69 Å². The van der Waals surface area contributed by atoms with Gasteiger partial charge in [0.25, 0.3) is 0 Å². The number of aromatic hydroxyl groups is 1. The Morgan fingerprint density at radius 2 is 1.45 bits per heavy atom. The van der Waals surface area contributed by atoms with Gasteiger partial charge in [-0.2, -0.15) is 0 Å². The standard InChI is InChI=1S/C22H24N2O.3ClH.Ti/c1-14(2)18-8-6-9-19(15(3)4)22(18)23-13-17-12-11-16-7-5-10-20(25)21(16)24-17;;;;/h5-15,25H,1-4H3;3*1H;/q;;;;+3/p-3. The zero-order chi connectivity index (χ0) is 21.6. The Morgan fingerprint density at radius 3 is 2.00 bits per heavy atom. The Balaban J connectivity index is 0.000000687. The Labute approximate surface area is 190 Å². The van der Waals surface area contributed by atoms with Crippen LogP contribution in [0.1, 0.15) is 56.4 Å². The topological polar surface area (TPSA) is 45.5 Å². The number of hydrogen-bond acceptors (Lipinski definition) is 3. The minimum absolute atomic E-state index is 0.193. The number of phenolic OH excluding ortho intramolecular Hbond substituents is 1. The average molecular weight is 487 g/mol. The number of aliphatic imine (C=N–C) groups is 1. The van der Waals surface area contributed by atoms with Gasteiger partial charge in [-0.1, -0.05) is 64.1 Å². The number of halogens is 3. The summed E-state index contributed by atoms with van der Waals surface area (Å²) in [6, 6.07) is 15.7. The van der Waals surface area contributed by atoms with Gasteiger partial charge in [0, 0.05) is 5.39 Å². The summed E-state index contributed by atoms with van der Waals surface area (Å²) in [5, 5.41) is 10.9. The molecule has 1 aromatic heterocycles. The van der Waals surface area contributed by atoms with Gasteiger partial charge in [-0.15, -0.1) is 0 Å². The number of aromatic nitrogens is 1. The van der Waals surface area contributed by atoms with E-state index < -0.39 is 14.7 Å². The molecule has 0 bridgehead atoms. The zero-order valence-corrected chi connectivity index (χ0v) is 20.7. The first-order valence-corrected chi connectivity index (χ1v) is 15.7. The van der Waals surface area contributed by atoms with E-state index in [4.69, 9.17) is 32.9 Å². The van der Waals surface area contributed by atoms with Gasteiger partial charge in [-0.25, -0.2) is 4.98 Å². The molecule has 0 unspecified atom stereocenters. The molecule has 1 N–H and O–H groups in total. The fourth-order valence-corrected chi connectivity index (χ4v) is 3.01. The van der Waals surface area contributed by atoms with Crippen LogP contribution >= 0.6 is 27.9 Å². The molecule has 1 heterocycles. The number of para-hydroxylation sites is 2. The number of hydrogen-bond donors (Lipinski definition) is 1. The molecule has 3 rings (SSSR count). The summed E-state index contributed by atoms with van der Waals surface area (Å²) in [4.78, 5) is 9.33. The second kappa shape index (κ2) is 11.3. The molecule has 0 radical (unpaired) electrons. The molecule has 0 aliphatic carbocycles. The van der Waals surface area contributed by atoms with E-state index in [2.05, 4.69) is 50.9 Å². The van der Waals surface area contributed by atoms with E-state index in [-0.39, 0.29) is 5.75 Å². The fourth-order valence-electron chi connectivity index (χ4n) is 3.01. The normalized spacial score (nSPS) is 11.2. The molecule has 0 saturated heterocycles. The first-order valence-electron chi connectivity index (χ1n) is 9.29. The van der Waals surface area contributed by atoms with Gasteiger partial charge in [-0.3, -0.25) is 4.99 Å². The minimum atomic E-state index is -1.92. The Bertz CT molecular complexity index is 962. The van der Waals surface area contributed by atoms with E-state index in [9.17, 15) is 5.11 Å². The van der Waals surface area contributed by atoms with Crippen molar-refractivity contribution in [2.45, 2.75) is 39.5 Å². The van der Waals surface area contributed by atoms with Crippen LogP contribution in [0.5, 0.6) is 5.75 Å². The number of rotatable bonds is 4. The van der Waals surface area contributed by atoms with Crippen LogP contribution in [-0.4, -0.2) is 16.3 Å². The summed E-state index contributed by atoms with van der Waals surface area (Å²) >= 11 is -1.92. The SMILES string of the molecule is CC(C)c1cccc(C(C)C)c1N=Cc1ccc2cccc(O)c2n1.[Cl][Ti]([Cl])[Cl]. The van der Waals surface area contributed by atoms with Crippen LogP contribution in [0, 0.1) is 0 Å².